The van der Waals surface area contributed by atoms with Crippen molar-refractivity contribution < 1.29 is 14.3 Å². The molecular weight excluding hydrogens is 232 g/mol. The van der Waals surface area contributed by atoms with Crippen LogP contribution in [0.5, 0.6) is 0 Å². The number of hydrogen-bond acceptors (Lipinski definition) is 4. The molecule has 1 aliphatic rings. The highest BCUT2D eigenvalue weighted by atomic mass is 16.5. The topological polar surface area (TPSA) is 72.6 Å². The van der Waals surface area contributed by atoms with Crippen molar-refractivity contribution in [3.05, 3.63) is 29.8 Å². The third-order valence-electron chi connectivity index (χ3n) is 2.39. The second-order valence-corrected chi connectivity index (χ2v) is 3.67. The van der Waals surface area contributed by atoms with Gasteiger partial charge in [0, 0.05) is 5.56 Å². The lowest BCUT2D eigenvalue weighted by Crippen LogP contribution is -2.46. The fourth-order valence-electron chi connectivity index (χ4n) is 1.66. The van der Waals surface area contributed by atoms with E-state index < -0.39 is 0 Å². The molecule has 2 N–H and O–H groups in total. The Kier molecular flexibility index (Phi) is 3.72. The van der Waals surface area contributed by atoms with E-state index in [1.807, 2.05) is 0 Å². The summed E-state index contributed by atoms with van der Waals surface area (Å²) in [7, 11) is 0. The quantitative estimate of drug-likeness (QED) is 0.552. The molecule has 1 heterocycles. The second kappa shape index (κ2) is 5.45. The van der Waals surface area contributed by atoms with Gasteiger partial charge in [-0.25, -0.2) is 4.90 Å². The SMILES string of the molecule is NCC#Cc1cccc(N2C(=O)COCC2=O)c1. The zero-order valence-electron chi connectivity index (χ0n) is 9.68. The lowest BCUT2D eigenvalue weighted by molar-refractivity contribution is -0.138. The van der Waals surface area contributed by atoms with E-state index in [-0.39, 0.29) is 31.6 Å². The molecule has 92 valence electrons. The number of imide groups is 1. The number of amides is 2. The zero-order chi connectivity index (χ0) is 13.0. The fraction of sp³-hybridized carbons (Fsp3) is 0.231. The van der Waals surface area contributed by atoms with Crippen molar-refractivity contribution in [2.24, 2.45) is 5.73 Å². The molecule has 0 atom stereocenters. The van der Waals surface area contributed by atoms with Crippen LogP contribution < -0.4 is 10.6 Å². The maximum Gasteiger partial charge on any atom is 0.259 e. The molecule has 18 heavy (non-hydrogen) atoms. The van der Waals surface area contributed by atoms with Gasteiger partial charge >= 0.3 is 0 Å². The molecule has 0 radical (unpaired) electrons. The highest BCUT2D eigenvalue weighted by Crippen LogP contribution is 2.18. The van der Waals surface area contributed by atoms with Crippen LogP contribution in [0, 0.1) is 11.8 Å². The molecule has 1 fully saturated rings. The number of morpholine rings is 1. The van der Waals surface area contributed by atoms with Gasteiger partial charge in [0.05, 0.1) is 12.2 Å². The molecule has 1 aliphatic heterocycles. The lowest BCUT2D eigenvalue weighted by atomic mass is 10.2. The van der Waals surface area contributed by atoms with Gasteiger partial charge in [-0.3, -0.25) is 9.59 Å². The van der Waals surface area contributed by atoms with Gasteiger partial charge in [-0.1, -0.05) is 17.9 Å². The van der Waals surface area contributed by atoms with Crippen molar-refractivity contribution >= 4 is 17.5 Å². The van der Waals surface area contributed by atoms with Gasteiger partial charge in [-0.15, -0.1) is 0 Å². The van der Waals surface area contributed by atoms with Gasteiger partial charge in [0.25, 0.3) is 11.8 Å². The van der Waals surface area contributed by atoms with Crippen molar-refractivity contribution in [1.29, 1.82) is 0 Å². The third kappa shape index (κ3) is 2.56. The maximum atomic E-state index is 11.7. The first kappa shape index (κ1) is 12.3. The number of carbonyl (C=O) groups excluding carboxylic acids is 2. The number of hydrogen-bond donors (Lipinski definition) is 1. The van der Waals surface area contributed by atoms with Crippen LogP contribution in [0.15, 0.2) is 24.3 Å². The standard InChI is InChI=1S/C13H12N2O3/c14-6-2-4-10-3-1-5-11(7-10)15-12(16)8-18-9-13(15)17/h1,3,5,7H,6,8-9,14H2. The molecule has 0 aliphatic carbocycles. The summed E-state index contributed by atoms with van der Waals surface area (Å²) in [5.41, 5.74) is 6.52. The summed E-state index contributed by atoms with van der Waals surface area (Å²) in [4.78, 5) is 24.4. The van der Waals surface area contributed by atoms with Crippen LogP contribution >= 0.6 is 0 Å². The molecule has 0 unspecified atom stereocenters. The normalized spacial score (nSPS) is 15.3. The average molecular weight is 244 g/mol. The lowest BCUT2D eigenvalue weighted by Gasteiger charge is -2.24. The molecule has 1 aromatic carbocycles. The average Bonchev–Trinajstić information content (AvgIpc) is 2.37. The number of rotatable bonds is 1. The highest BCUT2D eigenvalue weighted by molar-refractivity contribution is 6.17. The van der Waals surface area contributed by atoms with E-state index in [2.05, 4.69) is 11.8 Å². The summed E-state index contributed by atoms with van der Waals surface area (Å²) in [6, 6.07) is 6.91. The number of nitrogens with two attached hydrogens (primary N) is 1. The first-order chi connectivity index (χ1) is 8.72. The van der Waals surface area contributed by atoms with Gasteiger partial charge in [0.15, 0.2) is 0 Å². The Morgan fingerprint density at radius 3 is 2.67 bits per heavy atom. The van der Waals surface area contributed by atoms with Gasteiger partial charge in [0.1, 0.15) is 13.2 Å². The van der Waals surface area contributed by atoms with Crippen LogP contribution in [0.2, 0.25) is 0 Å². The first-order valence-electron chi connectivity index (χ1n) is 5.45. The van der Waals surface area contributed by atoms with Gasteiger partial charge in [-0.05, 0) is 18.2 Å². The molecule has 0 bridgehead atoms. The number of carbonyl (C=O) groups is 2. The third-order valence-corrected chi connectivity index (χ3v) is 2.39. The summed E-state index contributed by atoms with van der Waals surface area (Å²) in [6.07, 6.45) is 0. The second-order valence-electron chi connectivity index (χ2n) is 3.67. The Labute approximate surface area is 105 Å². The summed E-state index contributed by atoms with van der Waals surface area (Å²) >= 11 is 0. The van der Waals surface area contributed by atoms with Gasteiger partial charge < -0.3 is 10.5 Å². The summed E-state index contributed by atoms with van der Waals surface area (Å²) in [5, 5.41) is 0. The maximum absolute atomic E-state index is 11.7. The predicted octanol–water partition coefficient (Wildman–Crippen LogP) is -0.113. The predicted molar refractivity (Wildman–Crippen MR) is 65.7 cm³/mol. The van der Waals surface area contributed by atoms with Crippen LogP contribution in [-0.4, -0.2) is 31.6 Å². The van der Waals surface area contributed by atoms with Gasteiger partial charge in [-0.2, -0.15) is 0 Å². The number of ether oxygens (including phenoxy) is 1. The Balaban J connectivity index is 2.32. The van der Waals surface area contributed by atoms with E-state index >= 15 is 0 Å². The Morgan fingerprint density at radius 2 is 2.00 bits per heavy atom. The molecule has 2 rings (SSSR count). The van der Waals surface area contributed by atoms with E-state index in [1.54, 1.807) is 24.3 Å². The summed E-state index contributed by atoms with van der Waals surface area (Å²) in [5.74, 6) is 4.85. The van der Waals surface area contributed by atoms with E-state index in [1.165, 1.54) is 0 Å². The van der Waals surface area contributed by atoms with Crippen molar-refractivity contribution in [1.82, 2.24) is 0 Å². The fourth-order valence-corrected chi connectivity index (χ4v) is 1.66. The molecule has 1 aromatic rings. The van der Waals surface area contributed by atoms with Crippen LogP contribution in [-0.2, 0) is 14.3 Å². The molecule has 0 spiro atoms. The molecule has 0 saturated carbocycles. The molecular formula is C13H12N2O3. The minimum absolute atomic E-state index is 0.0789. The first-order valence-corrected chi connectivity index (χ1v) is 5.45. The van der Waals surface area contributed by atoms with Crippen LogP contribution in [0.3, 0.4) is 0 Å². The number of anilines is 1. The van der Waals surface area contributed by atoms with E-state index in [9.17, 15) is 9.59 Å². The molecule has 2 amide bonds. The number of nitrogens with zero attached hydrogens (tertiary/aromatic N) is 1. The van der Waals surface area contributed by atoms with Crippen molar-refractivity contribution in [3.8, 4) is 11.8 Å². The van der Waals surface area contributed by atoms with Crippen molar-refractivity contribution in [2.45, 2.75) is 0 Å². The molecule has 5 heteroatoms. The largest absolute Gasteiger partial charge is 0.362 e. The van der Waals surface area contributed by atoms with E-state index in [4.69, 9.17) is 10.5 Å². The van der Waals surface area contributed by atoms with Crippen molar-refractivity contribution in [2.75, 3.05) is 24.7 Å². The van der Waals surface area contributed by atoms with Crippen LogP contribution in [0.4, 0.5) is 5.69 Å². The molecule has 1 saturated heterocycles. The minimum Gasteiger partial charge on any atom is -0.362 e. The Bertz CT molecular complexity index is 527. The summed E-state index contributed by atoms with van der Waals surface area (Å²) < 4.78 is 4.86. The molecule has 0 aromatic heterocycles. The smallest absolute Gasteiger partial charge is 0.259 e. The van der Waals surface area contributed by atoms with Crippen LogP contribution in [0.25, 0.3) is 0 Å². The van der Waals surface area contributed by atoms with Crippen molar-refractivity contribution in [3.63, 3.8) is 0 Å². The Morgan fingerprint density at radius 1 is 1.28 bits per heavy atom. The highest BCUT2D eigenvalue weighted by Gasteiger charge is 2.27. The van der Waals surface area contributed by atoms with Crippen LogP contribution in [0.1, 0.15) is 5.56 Å². The Hall–Kier alpha value is -2.16. The van der Waals surface area contributed by atoms with Gasteiger partial charge in [0.2, 0.25) is 0 Å². The monoisotopic (exact) mass is 244 g/mol. The van der Waals surface area contributed by atoms with E-state index in [0.717, 1.165) is 4.90 Å². The van der Waals surface area contributed by atoms with E-state index in [0.29, 0.717) is 11.3 Å². The molecule has 5 nitrogen and oxygen atoms in total. The zero-order valence-corrected chi connectivity index (χ0v) is 9.68. The minimum atomic E-state index is -0.366. The summed E-state index contributed by atoms with van der Waals surface area (Å²) in [6.45, 7) is 0.106. The number of benzene rings is 1.